The molecule has 1 aliphatic rings. The molecular weight excluding hydrogens is 275 g/mol. The van der Waals surface area contributed by atoms with E-state index in [1.807, 2.05) is 12.1 Å². The van der Waals surface area contributed by atoms with Crippen LogP contribution in [0.25, 0.3) is 0 Å². The highest BCUT2D eigenvalue weighted by Gasteiger charge is 2.32. The Morgan fingerprint density at radius 3 is 2.90 bits per heavy atom. The second-order valence-electron chi connectivity index (χ2n) is 6.03. The van der Waals surface area contributed by atoms with Gasteiger partial charge in [-0.25, -0.2) is 4.39 Å². The largest absolute Gasteiger partial charge is 0.314 e. The normalized spacial score (nSPS) is 24.3. The molecule has 20 heavy (non-hydrogen) atoms. The number of benzene rings is 1. The van der Waals surface area contributed by atoms with Crippen LogP contribution in [0, 0.1) is 11.7 Å². The Bertz CT molecular complexity index is 450. The summed E-state index contributed by atoms with van der Waals surface area (Å²) >= 11 is 5.95. The van der Waals surface area contributed by atoms with Gasteiger partial charge in [-0.2, -0.15) is 0 Å². The number of hydrogen-bond acceptors (Lipinski definition) is 2. The van der Waals surface area contributed by atoms with Gasteiger partial charge in [0.1, 0.15) is 5.82 Å². The average Bonchev–Trinajstić information content (AvgIpc) is 2.40. The molecular formula is C16H24ClFN2. The van der Waals surface area contributed by atoms with Gasteiger partial charge in [0.15, 0.2) is 0 Å². The molecule has 1 N–H and O–H groups in total. The summed E-state index contributed by atoms with van der Waals surface area (Å²) in [6.45, 7) is 6.20. The number of piperidine rings is 1. The number of nitrogens with one attached hydrogen (secondary N) is 1. The third-order valence-corrected chi connectivity index (χ3v) is 4.39. The van der Waals surface area contributed by atoms with Gasteiger partial charge in [-0.3, -0.25) is 4.90 Å². The van der Waals surface area contributed by atoms with Gasteiger partial charge >= 0.3 is 0 Å². The van der Waals surface area contributed by atoms with Crippen LogP contribution >= 0.6 is 11.6 Å². The van der Waals surface area contributed by atoms with E-state index in [1.165, 1.54) is 6.42 Å². The Hall–Kier alpha value is -0.640. The maximum Gasteiger partial charge on any atom is 0.146 e. The molecule has 0 spiro atoms. The van der Waals surface area contributed by atoms with E-state index >= 15 is 0 Å². The molecule has 1 heterocycles. The molecule has 2 rings (SSSR count). The van der Waals surface area contributed by atoms with Crippen LogP contribution in [-0.4, -0.2) is 31.1 Å². The monoisotopic (exact) mass is 298 g/mol. The van der Waals surface area contributed by atoms with Crippen molar-refractivity contribution in [2.75, 3.05) is 20.1 Å². The second-order valence-corrected chi connectivity index (χ2v) is 6.44. The average molecular weight is 299 g/mol. The molecule has 0 saturated carbocycles. The zero-order valence-corrected chi connectivity index (χ0v) is 13.3. The molecule has 1 aliphatic heterocycles. The predicted molar refractivity (Wildman–Crippen MR) is 82.6 cm³/mol. The highest BCUT2D eigenvalue weighted by atomic mass is 35.5. The van der Waals surface area contributed by atoms with E-state index in [4.69, 9.17) is 11.6 Å². The van der Waals surface area contributed by atoms with Gasteiger partial charge in [0.25, 0.3) is 0 Å². The van der Waals surface area contributed by atoms with E-state index in [2.05, 4.69) is 31.1 Å². The van der Waals surface area contributed by atoms with Crippen molar-refractivity contribution in [3.8, 4) is 0 Å². The van der Waals surface area contributed by atoms with Crippen LogP contribution in [0.4, 0.5) is 4.39 Å². The van der Waals surface area contributed by atoms with Crippen LogP contribution < -0.4 is 5.32 Å². The molecule has 0 radical (unpaired) electrons. The van der Waals surface area contributed by atoms with Crippen LogP contribution in [0.15, 0.2) is 18.2 Å². The van der Waals surface area contributed by atoms with E-state index in [9.17, 15) is 4.39 Å². The Balaban J connectivity index is 2.25. The van der Waals surface area contributed by atoms with Crippen LogP contribution in [0.5, 0.6) is 0 Å². The summed E-state index contributed by atoms with van der Waals surface area (Å²) in [6.07, 6.45) is 2.29. The summed E-state index contributed by atoms with van der Waals surface area (Å²) in [4.78, 5) is 2.25. The summed E-state index contributed by atoms with van der Waals surface area (Å²) < 4.78 is 14.4. The Morgan fingerprint density at radius 1 is 1.45 bits per heavy atom. The second kappa shape index (κ2) is 6.88. The molecule has 1 aromatic rings. The van der Waals surface area contributed by atoms with Crippen molar-refractivity contribution in [3.05, 3.63) is 34.6 Å². The van der Waals surface area contributed by atoms with Crippen molar-refractivity contribution in [1.29, 1.82) is 0 Å². The summed E-state index contributed by atoms with van der Waals surface area (Å²) in [7, 11) is 2.08. The molecule has 0 bridgehead atoms. The van der Waals surface area contributed by atoms with Crippen LogP contribution in [0.3, 0.4) is 0 Å². The fraction of sp³-hybridized carbons (Fsp3) is 0.625. The lowest BCUT2D eigenvalue weighted by Crippen LogP contribution is -2.42. The highest BCUT2D eigenvalue weighted by molar-refractivity contribution is 6.30. The van der Waals surface area contributed by atoms with Crippen molar-refractivity contribution < 1.29 is 4.39 Å². The van der Waals surface area contributed by atoms with Crippen molar-refractivity contribution >= 4 is 11.6 Å². The lowest BCUT2D eigenvalue weighted by atomic mass is 9.84. The first-order valence-corrected chi connectivity index (χ1v) is 7.76. The third-order valence-electron chi connectivity index (χ3n) is 4.10. The van der Waals surface area contributed by atoms with Crippen molar-refractivity contribution in [2.24, 2.45) is 5.92 Å². The quantitative estimate of drug-likeness (QED) is 0.908. The van der Waals surface area contributed by atoms with Gasteiger partial charge in [-0.1, -0.05) is 37.6 Å². The number of rotatable bonds is 4. The van der Waals surface area contributed by atoms with Crippen molar-refractivity contribution in [1.82, 2.24) is 10.2 Å². The molecule has 0 amide bonds. The number of halogens is 2. The number of nitrogens with zero attached hydrogens (tertiary/aromatic N) is 1. The molecule has 1 fully saturated rings. The highest BCUT2D eigenvalue weighted by Crippen LogP contribution is 2.37. The van der Waals surface area contributed by atoms with E-state index in [-0.39, 0.29) is 16.9 Å². The topological polar surface area (TPSA) is 15.3 Å². The van der Waals surface area contributed by atoms with E-state index in [1.54, 1.807) is 6.07 Å². The summed E-state index contributed by atoms with van der Waals surface area (Å²) in [6, 6.07) is 5.89. The Kier molecular flexibility index (Phi) is 5.42. The van der Waals surface area contributed by atoms with Crippen molar-refractivity contribution in [2.45, 2.75) is 38.8 Å². The molecule has 2 unspecified atom stereocenters. The summed E-state index contributed by atoms with van der Waals surface area (Å²) in [5.41, 5.74) is 0.732. The van der Waals surface area contributed by atoms with Gasteiger partial charge in [-0.15, -0.1) is 0 Å². The van der Waals surface area contributed by atoms with Gasteiger partial charge < -0.3 is 5.32 Å². The molecule has 1 saturated heterocycles. The maximum absolute atomic E-state index is 14.4. The minimum Gasteiger partial charge on any atom is -0.314 e. The zero-order chi connectivity index (χ0) is 14.7. The summed E-state index contributed by atoms with van der Waals surface area (Å²) in [5.74, 6) is 0.159. The summed E-state index contributed by atoms with van der Waals surface area (Å²) in [5, 5.41) is 3.71. The smallest absolute Gasteiger partial charge is 0.146 e. The standard InChI is InChI=1S/C16H24ClFN2/c1-11(2)19-10-12-6-5-9-20(3)16(12)13-7-4-8-14(17)15(13)18/h4,7-8,11-12,16,19H,5-6,9-10H2,1-3H3. The fourth-order valence-electron chi connectivity index (χ4n) is 3.10. The first-order valence-electron chi connectivity index (χ1n) is 7.38. The van der Waals surface area contributed by atoms with Crippen LogP contribution in [0.1, 0.15) is 38.3 Å². The molecule has 2 atom stereocenters. The van der Waals surface area contributed by atoms with Gasteiger partial charge in [0.05, 0.1) is 5.02 Å². The van der Waals surface area contributed by atoms with E-state index in [0.717, 1.165) is 25.1 Å². The van der Waals surface area contributed by atoms with Gasteiger partial charge in [-0.05, 0) is 38.4 Å². The third kappa shape index (κ3) is 3.51. The lowest BCUT2D eigenvalue weighted by Gasteiger charge is -2.40. The number of likely N-dealkylation sites (tertiary alicyclic amines) is 1. The molecule has 4 heteroatoms. The fourth-order valence-corrected chi connectivity index (χ4v) is 3.28. The van der Waals surface area contributed by atoms with Crippen molar-refractivity contribution in [3.63, 3.8) is 0 Å². The molecule has 2 nitrogen and oxygen atoms in total. The lowest BCUT2D eigenvalue weighted by molar-refractivity contribution is 0.115. The van der Waals surface area contributed by atoms with Gasteiger partial charge in [0.2, 0.25) is 0 Å². The van der Waals surface area contributed by atoms with Crippen LogP contribution in [-0.2, 0) is 0 Å². The number of hydrogen-bond donors (Lipinski definition) is 1. The minimum absolute atomic E-state index is 0.105. The minimum atomic E-state index is -0.262. The molecule has 112 valence electrons. The maximum atomic E-state index is 14.4. The van der Waals surface area contributed by atoms with E-state index < -0.39 is 0 Å². The van der Waals surface area contributed by atoms with E-state index in [0.29, 0.717) is 12.0 Å². The molecule has 1 aromatic carbocycles. The molecule has 0 aliphatic carbocycles. The Labute approximate surface area is 126 Å². The predicted octanol–water partition coefficient (Wildman–Crippen LogP) is 3.86. The molecule has 0 aromatic heterocycles. The first-order chi connectivity index (χ1) is 9.50. The zero-order valence-electron chi connectivity index (χ0n) is 12.5. The SMILES string of the molecule is CC(C)NCC1CCCN(C)C1c1cccc(Cl)c1F. The first kappa shape index (κ1) is 15.7. The van der Waals surface area contributed by atoms with Gasteiger partial charge in [0, 0.05) is 24.2 Å². The Morgan fingerprint density at radius 2 is 2.20 bits per heavy atom. The van der Waals surface area contributed by atoms with Crippen LogP contribution in [0.2, 0.25) is 5.02 Å².